The lowest BCUT2D eigenvalue weighted by Gasteiger charge is -2.12. The summed E-state index contributed by atoms with van der Waals surface area (Å²) in [4.78, 5) is 0. The van der Waals surface area contributed by atoms with Gasteiger partial charge in [0.2, 0.25) is 0 Å². The highest BCUT2D eigenvalue weighted by Gasteiger charge is 2.12. The van der Waals surface area contributed by atoms with Crippen molar-refractivity contribution < 1.29 is 13.2 Å². The molecule has 2 aromatic carbocycles. The van der Waals surface area contributed by atoms with Gasteiger partial charge < -0.3 is 5.32 Å². The standard InChI is InChI=1S/C14H12F3N/c1-8-3-6-12(11(16)7-8)18-14-9(2)4-5-10(15)13(14)17/h3-7,18H,1-2H3. The lowest BCUT2D eigenvalue weighted by molar-refractivity contribution is 0.511. The zero-order chi connectivity index (χ0) is 13.3. The van der Waals surface area contributed by atoms with Gasteiger partial charge in [-0.05, 0) is 43.2 Å². The van der Waals surface area contributed by atoms with Gasteiger partial charge in [-0.3, -0.25) is 0 Å². The molecule has 0 aliphatic carbocycles. The summed E-state index contributed by atoms with van der Waals surface area (Å²) in [5, 5.41) is 2.59. The van der Waals surface area contributed by atoms with Crippen molar-refractivity contribution in [3.8, 4) is 0 Å². The number of nitrogens with one attached hydrogen (secondary N) is 1. The van der Waals surface area contributed by atoms with Crippen molar-refractivity contribution in [1.82, 2.24) is 0 Å². The SMILES string of the molecule is Cc1ccc(Nc2c(C)ccc(F)c2F)c(F)c1. The molecule has 94 valence electrons. The minimum atomic E-state index is -1.00. The number of benzene rings is 2. The maximum atomic E-state index is 13.6. The highest BCUT2D eigenvalue weighted by atomic mass is 19.2. The van der Waals surface area contributed by atoms with Crippen LogP contribution < -0.4 is 5.32 Å². The third kappa shape index (κ3) is 2.32. The second-order valence-electron chi connectivity index (χ2n) is 4.16. The monoisotopic (exact) mass is 251 g/mol. The number of anilines is 2. The van der Waals surface area contributed by atoms with E-state index in [1.807, 2.05) is 0 Å². The quantitative estimate of drug-likeness (QED) is 0.830. The Morgan fingerprint density at radius 2 is 1.61 bits per heavy atom. The fourth-order valence-electron chi connectivity index (χ4n) is 1.66. The number of halogens is 3. The number of rotatable bonds is 2. The van der Waals surface area contributed by atoms with Crippen LogP contribution in [0, 0.1) is 31.3 Å². The van der Waals surface area contributed by atoms with Crippen LogP contribution in [-0.4, -0.2) is 0 Å². The molecule has 1 N–H and O–H groups in total. The molecule has 0 heterocycles. The van der Waals surface area contributed by atoms with E-state index in [-0.39, 0.29) is 11.4 Å². The summed E-state index contributed by atoms with van der Waals surface area (Å²) >= 11 is 0. The molecule has 18 heavy (non-hydrogen) atoms. The molecule has 0 aliphatic heterocycles. The lowest BCUT2D eigenvalue weighted by Crippen LogP contribution is -2.01. The Kier molecular flexibility index (Phi) is 3.28. The number of aryl methyl sites for hydroxylation is 2. The summed E-state index contributed by atoms with van der Waals surface area (Å²) in [5.41, 5.74) is 1.34. The van der Waals surface area contributed by atoms with E-state index in [1.54, 1.807) is 19.9 Å². The molecule has 0 radical (unpaired) electrons. The van der Waals surface area contributed by atoms with Gasteiger partial charge in [0, 0.05) is 0 Å². The van der Waals surface area contributed by atoms with Gasteiger partial charge >= 0.3 is 0 Å². The maximum absolute atomic E-state index is 13.6. The molecular formula is C14H12F3N. The van der Waals surface area contributed by atoms with Gasteiger partial charge in [-0.2, -0.15) is 0 Å². The maximum Gasteiger partial charge on any atom is 0.182 e. The molecule has 2 aromatic rings. The van der Waals surface area contributed by atoms with Crippen molar-refractivity contribution >= 4 is 11.4 Å². The Morgan fingerprint density at radius 3 is 2.28 bits per heavy atom. The first-order chi connectivity index (χ1) is 8.49. The molecule has 2 rings (SSSR count). The van der Waals surface area contributed by atoms with Gasteiger partial charge in [-0.15, -0.1) is 0 Å². The predicted octanol–water partition coefficient (Wildman–Crippen LogP) is 4.46. The van der Waals surface area contributed by atoms with Crippen molar-refractivity contribution in [3.63, 3.8) is 0 Å². The van der Waals surface area contributed by atoms with Crippen molar-refractivity contribution in [2.75, 3.05) is 5.32 Å². The Labute approximate surface area is 103 Å². The van der Waals surface area contributed by atoms with E-state index in [2.05, 4.69) is 5.32 Å². The zero-order valence-corrected chi connectivity index (χ0v) is 10.0. The van der Waals surface area contributed by atoms with Crippen LogP contribution in [0.5, 0.6) is 0 Å². The van der Waals surface area contributed by atoms with Crippen LogP contribution in [0.25, 0.3) is 0 Å². The summed E-state index contributed by atoms with van der Waals surface area (Å²) in [5.74, 6) is -2.47. The van der Waals surface area contributed by atoms with Gasteiger partial charge in [0.1, 0.15) is 5.82 Å². The van der Waals surface area contributed by atoms with Gasteiger partial charge in [-0.25, -0.2) is 13.2 Å². The molecular weight excluding hydrogens is 239 g/mol. The summed E-state index contributed by atoms with van der Waals surface area (Å²) < 4.78 is 40.3. The largest absolute Gasteiger partial charge is 0.350 e. The van der Waals surface area contributed by atoms with E-state index in [0.29, 0.717) is 5.56 Å². The first kappa shape index (κ1) is 12.5. The van der Waals surface area contributed by atoms with E-state index in [4.69, 9.17) is 0 Å². The van der Waals surface area contributed by atoms with Crippen molar-refractivity contribution in [1.29, 1.82) is 0 Å². The van der Waals surface area contributed by atoms with E-state index < -0.39 is 17.5 Å². The topological polar surface area (TPSA) is 12.0 Å². The molecule has 0 atom stereocenters. The predicted molar refractivity (Wildman–Crippen MR) is 65.5 cm³/mol. The Hall–Kier alpha value is -1.97. The molecule has 0 saturated heterocycles. The molecule has 0 spiro atoms. The molecule has 4 heteroatoms. The summed E-state index contributed by atoms with van der Waals surface area (Å²) in [6, 6.07) is 7.00. The van der Waals surface area contributed by atoms with Gasteiger partial charge in [0.05, 0.1) is 11.4 Å². The van der Waals surface area contributed by atoms with E-state index >= 15 is 0 Å². The molecule has 0 unspecified atom stereocenters. The first-order valence-electron chi connectivity index (χ1n) is 5.47. The van der Waals surface area contributed by atoms with Crippen LogP contribution in [0.1, 0.15) is 11.1 Å². The first-order valence-corrected chi connectivity index (χ1v) is 5.47. The number of hydrogen-bond donors (Lipinski definition) is 1. The average molecular weight is 251 g/mol. The van der Waals surface area contributed by atoms with Gasteiger partial charge in [0.15, 0.2) is 11.6 Å². The fourth-order valence-corrected chi connectivity index (χ4v) is 1.66. The fraction of sp³-hybridized carbons (Fsp3) is 0.143. The second-order valence-corrected chi connectivity index (χ2v) is 4.16. The molecule has 0 bridgehead atoms. The van der Waals surface area contributed by atoms with E-state index in [9.17, 15) is 13.2 Å². The van der Waals surface area contributed by atoms with E-state index in [1.165, 1.54) is 18.2 Å². The Balaban J connectivity index is 2.43. The molecule has 0 saturated carbocycles. The second kappa shape index (κ2) is 4.72. The zero-order valence-electron chi connectivity index (χ0n) is 10.0. The van der Waals surface area contributed by atoms with Crippen LogP contribution in [0.4, 0.5) is 24.5 Å². The third-order valence-electron chi connectivity index (χ3n) is 2.69. The average Bonchev–Trinajstić information content (AvgIpc) is 2.32. The molecule has 0 fully saturated rings. The molecule has 0 aromatic heterocycles. The van der Waals surface area contributed by atoms with Gasteiger partial charge in [0.25, 0.3) is 0 Å². The van der Waals surface area contributed by atoms with Gasteiger partial charge in [-0.1, -0.05) is 12.1 Å². The van der Waals surface area contributed by atoms with E-state index in [0.717, 1.165) is 11.6 Å². The third-order valence-corrected chi connectivity index (χ3v) is 2.69. The highest BCUT2D eigenvalue weighted by molar-refractivity contribution is 5.64. The van der Waals surface area contributed by atoms with Crippen LogP contribution >= 0.6 is 0 Å². The molecule has 0 amide bonds. The molecule has 1 nitrogen and oxygen atoms in total. The highest BCUT2D eigenvalue weighted by Crippen LogP contribution is 2.27. The van der Waals surface area contributed by atoms with Crippen molar-refractivity contribution in [2.24, 2.45) is 0 Å². The minimum absolute atomic E-state index is 0.0437. The summed E-state index contributed by atoms with van der Waals surface area (Å²) in [6.07, 6.45) is 0. The van der Waals surface area contributed by atoms with Crippen molar-refractivity contribution in [2.45, 2.75) is 13.8 Å². The minimum Gasteiger partial charge on any atom is -0.350 e. The van der Waals surface area contributed by atoms with Crippen LogP contribution in [0.2, 0.25) is 0 Å². The van der Waals surface area contributed by atoms with Crippen LogP contribution in [0.3, 0.4) is 0 Å². The number of hydrogen-bond acceptors (Lipinski definition) is 1. The Morgan fingerprint density at radius 1 is 0.889 bits per heavy atom. The van der Waals surface area contributed by atoms with Crippen LogP contribution in [0.15, 0.2) is 30.3 Å². The lowest BCUT2D eigenvalue weighted by atomic mass is 10.1. The molecule has 0 aliphatic rings. The smallest absolute Gasteiger partial charge is 0.182 e. The van der Waals surface area contributed by atoms with Crippen LogP contribution in [-0.2, 0) is 0 Å². The summed E-state index contributed by atoms with van der Waals surface area (Å²) in [7, 11) is 0. The normalized spacial score (nSPS) is 10.5. The Bertz CT molecular complexity index is 594. The van der Waals surface area contributed by atoms with Crippen molar-refractivity contribution in [3.05, 3.63) is 58.9 Å². The summed E-state index contributed by atoms with van der Waals surface area (Å²) in [6.45, 7) is 3.37.